The standard InChI is InChI=1S/C17H18N6OS.C9H7NO.C5H7N.C4H6N2.I2/c1-11-14(15(24)22-17(18)19)25-16(21-11)13-4-2-12(3-5-13)6-8-23-9-7-20-10-23;1-2-4-8(5-3-1)9-10-6-7-11-9;1-5-3-2-4-6-5;1-6-4-2-3-5-6;1-2/h2-5,7,9-10H,6,8H2,1H3,(H4,18,19,22,24);1-7H;2,4H,3H2,1H3;2-4H,1H3;. The molecule has 7 rings (SSSR count). The van der Waals surface area contributed by atoms with Crippen LogP contribution in [-0.2, 0) is 20.0 Å². The van der Waals surface area contributed by atoms with E-state index in [2.05, 4.69) is 85.5 Å². The van der Waals surface area contributed by atoms with Gasteiger partial charge >= 0.3 is 0 Å². The number of hydrogen-bond acceptors (Lipinski definition) is 8. The summed E-state index contributed by atoms with van der Waals surface area (Å²) in [5, 5.41) is 4.60. The smallest absolute Gasteiger partial charge is 0.292 e. The first-order valence-electron chi connectivity index (χ1n) is 15.2. The molecule has 0 saturated heterocycles. The maximum Gasteiger partial charge on any atom is 0.292 e. The summed E-state index contributed by atoms with van der Waals surface area (Å²) in [5.41, 5.74) is 15.6. The van der Waals surface area contributed by atoms with E-state index in [0.717, 1.165) is 35.5 Å². The number of aromatic nitrogens is 6. The third-order valence-corrected chi connectivity index (χ3v) is 7.74. The van der Waals surface area contributed by atoms with Crippen molar-refractivity contribution in [2.75, 3.05) is 0 Å². The number of carbonyl (C=O) groups excluding carboxylic acids is 1. The Morgan fingerprint density at radius 1 is 0.980 bits per heavy atom. The molecule has 0 aliphatic carbocycles. The number of oxazole rings is 1. The van der Waals surface area contributed by atoms with Gasteiger partial charge in [0.2, 0.25) is 5.89 Å². The van der Waals surface area contributed by atoms with Gasteiger partial charge in [0.05, 0.1) is 18.2 Å². The minimum Gasteiger partial charge on any atom is -0.445 e. The molecule has 0 radical (unpaired) electrons. The van der Waals surface area contributed by atoms with E-state index in [1.54, 1.807) is 36.5 Å². The number of nitrogens with two attached hydrogens (primary N) is 2. The molecule has 0 unspecified atom stereocenters. The zero-order valence-electron chi connectivity index (χ0n) is 27.8. The number of hydrogen-bond donors (Lipinski definition) is 2. The maximum atomic E-state index is 12.0. The molecule has 0 atom stereocenters. The van der Waals surface area contributed by atoms with Gasteiger partial charge in [-0.15, -0.1) is 11.3 Å². The normalized spacial score (nSPS) is 10.9. The molecule has 4 aromatic heterocycles. The van der Waals surface area contributed by atoms with Gasteiger partial charge in [-0.2, -0.15) is 10.1 Å². The molecule has 0 spiro atoms. The lowest BCUT2D eigenvalue weighted by molar-refractivity contribution is 0.101. The number of halogens is 2. The molecule has 50 heavy (non-hydrogen) atoms. The largest absolute Gasteiger partial charge is 0.445 e. The number of thiazole rings is 1. The highest BCUT2D eigenvalue weighted by atomic mass is 128. The summed E-state index contributed by atoms with van der Waals surface area (Å²) in [7, 11) is 1.89. The van der Waals surface area contributed by atoms with Crippen molar-refractivity contribution < 1.29 is 9.21 Å². The Morgan fingerprint density at radius 3 is 2.24 bits per heavy atom. The summed E-state index contributed by atoms with van der Waals surface area (Å²) in [4.78, 5) is 32.5. The van der Waals surface area contributed by atoms with E-state index in [4.69, 9.17) is 15.9 Å². The van der Waals surface area contributed by atoms with Crippen molar-refractivity contribution >= 4 is 66.1 Å². The summed E-state index contributed by atoms with van der Waals surface area (Å²) >= 11 is 5.53. The lowest BCUT2D eigenvalue weighted by atomic mass is 10.1. The number of nitrogens with zero attached hydrogens (tertiary/aromatic N) is 8. The van der Waals surface area contributed by atoms with Gasteiger partial charge in [-0.3, -0.25) is 14.5 Å². The van der Waals surface area contributed by atoms with Gasteiger partial charge in [-0.1, -0.05) is 48.5 Å². The topological polar surface area (TPSA) is 168 Å². The quantitative estimate of drug-likeness (QED) is 0.0967. The van der Waals surface area contributed by atoms with Gasteiger partial charge in [0.1, 0.15) is 16.1 Å². The van der Waals surface area contributed by atoms with Gasteiger partial charge in [0.15, 0.2) is 5.96 Å². The summed E-state index contributed by atoms with van der Waals surface area (Å²) in [6, 6.07) is 19.9. The van der Waals surface area contributed by atoms with Crippen LogP contribution in [0, 0.1) is 6.92 Å². The van der Waals surface area contributed by atoms with Crippen molar-refractivity contribution in [3.8, 4) is 22.0 Å². The van der Waals surface area contributed by atoms with E-state index in [0.29, 0.717) is 16.5 Å². The number of guanidine groups is 1. The number of amides is 1. The van der Waals surface area contributed by atoms with Gasteiger partial charge in [-0.25, -0.2) is 15.0 Å². The second-order valence-corrected chi connectivity index (χ2v) is 11.4. The van der Waals surface area contributed by atoms with Crippen molar-refractivity contribution in [2.24, 2.45) is 28.5 Å². The van der Waals surface area contributed by atoms with Crippen LogP contribution in [0.3, 0.4) is 0 Å². The molecule has 15 heteroatoms. The minimum atomic E-state index is -0.460. The number of aryl methyl sites for hydroxylation is 4. The Bertz CT molecular complexity index is 1900. The first-order valence-corrected chi connectivity index (χ1v) is 22.3. The van der Waals surface area contributed by atoms with Crippen LogP contribution in [0.4, 0.5) is 0 Å². The Labute approximate surface area is 318 Å². The minimum absolute atomic E-state index is 0.249. The monoisotopic (exact) mass is 916 g/mol. The summed E-state index contributed by atoms with van der Waals surface area (Å²) in [5.74, 6) is -0.0367. The molecule has 0 saturated carbocycles. The number of carbonyl (C=O) groups is 1. The van der Waals surface area contributed by atoms with Crippen molar-refractivity contribution in [3.05, 3.63) is 133 Å². The lowest BCUT2D eigenvalue weighted by Gasteiger charge is -2.03. The SMILES string of the molecule is CC1=NC=CC1.Cc1nc(-c2ccc(CCn3ccnc3)cc2)sc1C(=O)N=C(N)N.Cn1cccn1.II.c1ccc(-c2ncco2)cc1. The van der Waals surface area contributed by atoms with Crippen molar-refractivity contribution in [2.45, 2.75) is 33.2 Å². The molecule has 6 aromatic rings. The van der Waals surface area contributed by atoms with Gasteiger partial charge < -0.3 is 20.5 Å². The summed E-state index contributed by atoms with van der Waals surface area (Å²) in [6.45, 7) is 4.68. The molecule has 5 heterocycles. The van der Waals surface area contributed by atoms with Crippen LogP contribution < -0.4 is 11.5 Å². The molecule has 0 bridgehead atoms. The molecular weight excluding hydrogens is 878 g/mol. The Kier molecular flexibility index (Phi) is 17.8. The zero-order chi connectivity index (χ0) is 36.1. The average molecular weight is 917 g/mol. The molecule has 12 nitrogen and oxygen atoms in total. The second-order valence-electron chi connectivity index (χ2n) is 10.4. The van der Waals surface area contributed by atoms with Crippen molar-refractivity contribution in [3.63, 3.8) is 0 Å². The van der Waals surface area contributed by atoms with E-state index in [1.807, 2.05) is 92.0 Å². The van der Waals surface area contributed by atoms with E-state index in [1.165, 1.54) is 22.6 Å². The Balaban J connectivity index is 0.000000219. The number of imidazole rings is 1. The molecule has 0 fully saturated rings. The number of allylic oxidation sites excluding steroid dienone is 1. The predicted molar refractivity (Wildman–Crippen MR) is 218 cm³/mol. The van der Waals surface area contributed by atoms with E-state index >= 15 is 0 Å². The molecule has 4 N–H and O–H groups in total. The molecular formula is C35H38I2N10O2S. The first kappa shape index (κ1) is 39.9. The fourth-order valence-electron chi connectivity index (χ4n) is 4.13. The van der Waals surface area contributed by atoms with Crippen molar-refractivity contribution in [1.29, 1.82) is 0 Å². The van der Waals surface area contributed by atoms with E-state index < -0.39 is 5.91 Å². The third-order valence-electron chi connectivity index (χ3n) is 6.54. The fourth-order valence-corrected chi connectivity index (χ4v) is 5.08. The highest BCUT2D eigenvalue weighted by molar-refractivity contribution is 15.0. The van der Waals surface area contributed by atoms with Crippen LogP contribution in [0.1, 0.15) is 34.3 Å². The summed E-state index contributed by atoms with van der Waals surface area (Å²) in [6.07, 6.45) is 18.2. The molecule has 1 amide bonds. The maximum absolute atomic E-state index is 12.0. The fraction of sp³-hybridized carbons (Fsp3) is 0.171. The van der Waals surface area contributed by atoms with Gasteiger partial charge in [0.25, 0.3) is 5.91 Å². The van der Waals surface area contributed by atoms with Crippen LogP contribution in [0.2, 0.25) is 0 Å². The van der Waals surface area contributed by atoms with Gasteiger partial charge in [-0.05, 0) is 44.0 Å². The lowest BCUT2D eigenvalue weighted by Crippen LogP contribution is -2.24. The molecule has 260 valence electrons. The van der Waals surface area contributed by atoms with Crippen molar-refractivity contribution in [1.82, 2.24) is 29.3 Å². The van der Waals surface area contributed by atoms with E-state index in [9.17, 15) is 4.79 Å². The highest BCUT2D eigenvalue weighted by Crippen LogP contribution is 2.28. The van der Waals surface area contributed by atoms with Crippen LogP contribution in [0.25, 0.3) is 22.0 Å². The number of rotatable bonds is 6. The summed E-state index contributed by atoms with van der Waals surface area (Å²) < 4.78 is 8.90. The first-order chi connectivity index (χ1) is 24.3. The molecule has 2 aromatic carbocycles. The predicted octanol–water partition coefficient (Wildman–Crippen LogP) is 7.87. The number of benzene rings is 2. The number of aliphatic imine (C=N–C) groups is 2. The van der Waals surface area contributed by atoms with Gasteiger partial charge in [0, 0.05) is 105 Å². The Hall–Kier alpha value is -4.49. The van der Waals surface area contributed by atoms with Crippen LogP contribution in [0.15, 0.2) is 131 Å². The molecule has 1 aliphatic heterocycles. The zero-order valence-corrected chi connectivity index (χ0v) is 32.9. The van der Waals surface area contributed by atoms with Crippen LogP contribution in [-0.4, -0.2) is 46.9 Å². The molecule has 1 aliphatic rings. The van der Waals surface area contributed by atoms with Crippen LogP contribution in [0.5, 0.6) is 0 Å². The Morgan fingerprint density at radius 2 is 1.74 bits per heavy atom. The van der Waals surface area contributed by atoms with Crippen LogP contribution >= 0.6 is 48.6 Å². The second kappa shape index (κ2) is 22.3. The third kappa shape index (κ3) is 14.2. The highest BCUT2D eigenvalue weighted by Gasteiger charge is 2.16. The average Bonchev–Trinajstić information content (AvgIpc) is 3.98. The van der Waals surface area contributed by atoms with E-state index in [-0.39, 0.29) is 5.96 Å².